The molecule has 8 N–H and O–H groups in total. The van der Waals surface area contributed by atoms with Crippen molar-refractivity contribution in [1.29, 1.82) is 0 Å². The zero-order chi connectivity index (χ0) is 22.0. The average Bonchev–Trinajstić information content (AvgIpc) is 2.66. The van der Waals surface area contributed by atoms with Crippen molar-refractivity contribution >= 4 is 11.9 Å². The molecule has 0 aromatic rings. The van der Waals surface area contributed by atoms with Gasteiger partial charge in [-0.05, 0) is 6.92 Å². The van der Waals surface area contributed by atoms with Crippen LogP contribution in [0.4, 0.5) is 0 Å². The summed E-state index contributed by atoms with van der Waals surface area (Å²) in [5.74, 6) is -2.38. The van der Waals surface area contributed by atoms with Gasteiger partial charge in [0.15, 0.2) is 18.7 Å². The van der Waals surface area contributed by atoms with Crippen LogP contribution in [0.2, 0.25) is 0 Å². The highest BCUT2D eigenvalue weighted by Gasteiger charge is 2.52. The number of amides is 1. The third kappa shape index (κ3) is 4.91. The van der Waals surface area contributed by atoms with Gasteiger partial charge in [0.05, 0.1) is 6.61 Å². The van der Waals surface area contributed by atoms with E-state index in [2.05, 4.69) is 11.9 Å². The summed E-state index contributed by atoms with van der Waals surface area (Å²) in [6.45, 7) is 4.06. The Bertz CT molecular complexity index is 629. The number of carbonyl (C=O) groups is 2. The van der Waals surface area contributed by atoms with Crippen LogP contribution in [-0.4, -0.2) is 116 Å². The van der Waals surface area contributed by atoms with E-state index >= 15 is 0 Å². The molecule has 10 atom stereocenters. The van der Waals surface area contributed by atoms with E-state index in [9.17, 15) is 40.2 Å². The smallest absolute Gasteiger partial charge is 0.335 e. The summed E-state index contributed by atoms with van der Waals surface area (Å²) in [5, 5.41) is 71.0. The first-order chi connectivity index (χ1) is 13.5. The molecule has 0 aromatic carbocycles. The SMILES string of the molecule is C=C(C)C(=O)N[C@@H]1[C@@H](O[C@@H]2O[C@H](C(=O)O)[C@@H](O)[C@H](O)[C@H]2O)[C@H](O)[C@@H](CO)O[C@H]1O. The van der Waals surface area contributed by atoms with Crippen LogP contribution in [0.3, 0.4) is 0 Å². The third-order valence-electron chi connectivity index (χ3n) is 4.66. The lowest BCUT2D eigenvalue weighted by molar-refractivity contribution is -0.336. The second kappa shape index (κ2) is 9.42. The zero-order valence-electron chi connectivity index (χ0n) is 15.4. The van der Waals surface area contributed by atoms with Crippen LogP contribution in [0.5, 0.6) is 0 Å². The average molecular weight is 423 g/mol. The summed E-state index contributed by atoms with van der Waals surface area (Å²) in [5.41, 5.74) is 0.0492. The molecule has 166 valence electrons. The number of aliphatic hydroxyl groups is 6. The Labute approximate surface area is 164 Å². The van der Waals surface area contributed by atoms with Gasteiger partial charge in [-0.1, -0.05) is 6.58 Å². The minimum absolute atomic E-state index is 0.0492. The molecular formula is C16H25NO12. The maximum Gasteiger partial charge on any atom is 0.335 e. The van der Waals surface area contributed by atoms with Crippen LogP contribution in [0.1, 0.15) is 6.92 Å². The molecule has 13 heteroatoms. The lowest BCUT2D eigenvalue weighted by Crippen LogP contribution is -2.68. The Morgan fingerprint density at radius 3 is 2.17 bits per heavy atom. The van der Waals surface area contributed by atoms with Crippen LogP contribution >= 0.6 is 0 Å². The molecule has 1 amide bonds. The molecule has 0 saturated carbocycles. The van der Waals surface area contributed by atoms with Crippen LogP contribution in [0.25, 0.3) is 0 Å². The van der Waals surface area contributed by atoms with Gasteiger partial charge in [0, 0.05) is 5.57 Å². The topological polar surface area (TPSA) is 215 Å². The fourth-order valence-electron chi connectivity index (χ4n) is 2.99. The minimum Gasteiger partial charge on any atom is -0.479 e. The predicted molar refractivity (Wildman–Crippen MR) is 89.9 cm³/mol. The van der Waals surface area contributed by atoms with Crippen molar-refractivity contribution in [3.05, 3.63) is 12.2 Å². The number of hydrogen-bond donors (Lipinski definition) is 8. The van der Waals surface area contributed by atoms with Gasteiger partial charge in [-0.3, -0.25) is 4.79 Å². The van der Waals surface area contributed by atoms with Crippen LogP contribution in [0, 0.1) is 0 Å². The first-order valence-electron chi connectivity index (χ1n) is 8.66. The van der Waals surface area contributed by atoms with Crippen molar-refractivity contribution in [2.75, 3.05) is 6.61 Å². The molecule has 13 nitrogen and oxygen atoms in total. The molecule has 2 aliphatic rings. The molecule has 0 radical (unpaired) electrons. The number of aliphatic carboxylic acids is 1. The number of hydrogen-bond acceptors (Lipinski definition) is 11. The number of carbonyl (C=O) groups excluding carboxylic acids is 1. The van der Waals surface area contributed by atoms with Gasteiger partial charge in [0.1, 0.15) is 42.7 Å². The molecule has 2 rings (SSSR count). The highest BCUT2D eigenvalue weighted by molar-refractivity contribution is 5.92. The van der Waals surface area contributed by atoms with Crippen molar-refractivity contribution in [1.82, 2.24) is 5.32 Å². The first-order valence-corrected chi connectivity index (χ1v) is 8.66. The molecule has 0 unspecified atom stereocenters. The lowest BCUT2D eigenvalue weighted by atomic mass is 9.95. The summed E-state index contributed by atoms with van der Waals surface area (Å²) >= 11 is 0. The van der Waals surface area contributed by atoms with Crippen LogP contribution in [-0.2, 0) is 23.8 Å². The fourth-order valence-corrected chi connectivity index (χ4v) is 2.99. The molecule has 2 saturated heterocycles. The van der Waals surface area contributed by atoms with E-state index in [1.54, 1.807) is 0 Å². The summed E-state index contributed by atoms with van der Waals surface area (Å²) in [6, 6.07) is -1.44. The zero-order valence-corrected chi connectivity index (χ0v) is 15.4. The van der Waals surface area contributed by atoms with Gasteiger partial charge in [-0.25, -0.2) is 4.79 Å². The maximum absolute atomic E-state index is 12.0. The number of nitrogens with one attached hydrogen (secondary N) is 1. The van der Waals surface area contributed by atoms with Gasteiger partial charge < -0.3 is 55.3 Å². The highest BCUT2D eigenvalue weighted by atomic mass is 16.7. The molecule has 2 aliphatic heterocycles. The fraction of sp³-hybridized carbons (Fsp3) is 0.750. The predicted octanol–water partition coefficient (Wildman–Crippen LogP) is -4.60. The van der Waals surface area contributed by atoms with E-state index in [4.69, 9.17) is 19.3 Å². The molecule has 0 aromatic heterocycles. The van der Waals surface area contributed by atoms with Crippen LogP contribution < -0.4 is 5.32 Å². The van der Waals surface area contributed by atoms with Crippen molar-refractivity contribution < 1.29 is 59.5 Å². The van der Waals surface area contributed by atoms with Gasteiger partial charge in [0.2, 0.25) is 5.91 Å². The van der Waals surface area contributed by atoms with E-state index in [1.807, 2.05) is 0 Å². The monoisotopic (exact) mass is 423 g/mol. The van der Waals surface area contributed by atoms with Crippen LogP contribution in [0.15, 0.2) is 12.2 Å². The second-order valence-corrected chi connectivity index (χ2v) is 6.85. The first kappa shape index (κ1) is 23.6. The van der Waals surface area contributed by atoms with Crippen molar-refractivity contribution in [2.45, 2.75) is 68.3 Å². The van der Waals surface area contributed by atoms with Crippen molar-refractivity contribution in [3.8, 4) is 0 Å². The van der Waals surface area contributed by atoms with Gasteiger partial charge >= 0.3 is 5.97 Å². The Hall–Kier alpha value is -1.68. The Morgan fingerprint density at radius 2 is 1.66 bits per heavy atom. The number of carboxylic acid groups (broad SMARTS) is 1. The summed E-state index contributed by atoms with van der Waals surface area (Å²) < 4.78 is 15.4. The van der Waals surface area contributed by atoms with Gasteiger partial charge in [-0.2, -0.15) is 0 Å². The largest absolute Gasteiger partial charge is 0.479 e. The van der Waals surface area contributed by atoms with Crippen molar-refractivity contribution in [3.63, 3.8) is 0 Å². The Morgan fingerprint density at radius 1 is 1.03 bits per heavy atom. The van der Waals surface area contributed by atoms with E-state index in [0.717, 1.165) is 0 Å². The summed E-state index contributed by atoms with van der Waals surface area (Å²) in [6.07, 6.45) is -16.0. The molecule has 2 heterocycles. The number of carboxylic acids is 1. The molecule has 0 aliphatic carbocycles. The minimum atomic E-state index is -1.96. The van der Waals surface area contributed by atoms with E-state index in [-0.39, 0.29) is 5.57 Å². The van der Waals surface area contributed by atoms with E-state index in [1.165, 1.54) is 6.92 Å². The molecule has 29 heavy (non-hydrogen) atoms. The summed E-state index contributed by atoms with van der Waals surface area (Å²) in [7, 11) is 0. The normalized spacial score (nSPS) is 42.9. The van der Waals surface area contributed by atoms with E-state index in [0.29, 0.717) is 0 Å². The van der Waals surface area contributed by atoms with Crippen molar-refractivity contribution in [2.24, 2.45) is 0 Å². The second-order valence-electron chi connectivity index (χ2n) is 6.85. The number of ether oxygens (including phenoxy) is 3. The summed E-state index contributed by atoms with van der Waals surface area (Å²) in [4.78, 5) is 23.2. The molecule has 0 bridgehead atoms. The van der Waals surface area contributed by atoms with Gasteiger partial charge in [0.25, 0.3) is 0 Å². The van der Waals surface area contributed by atoms with Gasteiger partial charge in [-0.15, -0.1) is 0 Å². The molecule has 2 fully saturated rings. The quantitative estimate of drug-likeness (QED) is 0.189. The maximum atomic E-state index is 12.0. The Kier molecular flexibility index (Phi) is 7.67. The number of rotatable bonds is 6. The molecule has 0 spiro atoms. The lowest BCUT2D eigenvalue weighted by Gasteiger charge is -2.46. The Balaban J connectivity index is 2.28. The standard InChI is InChI=1S/C16H25NO12/c1-4(2)13(23)17-6-11(7(19)5(3-18)27-15(6)26)28-16-10(22)8(20)9(21)12(29-16)14(24)25/h5-12,15-16,18-22,26H,1,3H2,2H3,(H,17,23)(H,24,25)/t5-,6-,7-,8+,9+,10-,11-,12+,15-,16-/m1/s1. The third-order valence-corrected chi connectivity index (χ3v) is 4.66. The van der Waals surface area contributed by atoms with E-state index < -0.39 is 79.8 Å². The number of aliphatic hydroxyl groups excluding tert-OH is 6. The highest BCUT2D eigenvalue weighted by Crippen LogP contribution is 2.28. The molecular weight excluding hydrogens is 398 g/mol.